The van der Waals surface area contributed by atoms with Gasteiger partial charge >= 0.3 is 5.97 Å². The summed E-state index contributed by atoms with van der Waals surface area (Å²) in [4.78, 5) is 15.7. The molecule has 0 N–H and O–H groups in total. The first-order chi connectivity index (χ1) is 8.02. The third-order valence-corrected chi connectivity index (χ3v) is 3.87. The number of likely N-dealkylation sites (tertiary alicyclic amines) is 1. The molecule has 1 unspecified atom stereocenters. The number of nitrogens with zero attached hydrogens (tertiary/aromatic N) is 2. The summed E-state index contributed by atoms with van der Waals surface area (Å²) in [6, 6.07) is 0. The predicted octanol–water partition coefficient (Wildman–Crippen LogP) is 1.20. The molecule has 0 aromatic heterocycles. The molecule has 100 valence electrons. The molecule has 4 nitrogen and oxygen atoms in total. The van der Waals surface area contributed by atoms with Crippen molar-refractivity contribution in [2.24, 2.45) is 5.92 Å². The molecule has 1 aliphatic rings. The number of alkyl halides is 1. The average molecular weight is 307 g/mol. The van der Waals surface area contributed by atoms with Gasteiger partial charge < -0.3 is 14.5 Å². The first-order valence-electron chi connectivity index (χ1n) is 6.12. The lowest BCUT2D eigenvalue weighted by atomic mass is 9.96. The quantitative estimate of drug-likeness (QED) is 0.564. The summed E-state index contributed by atoms with van der Waals surface area (Å²) in [6.45, 7) is 4.08. The zero-order valence-corrected chi connectivity index (χ0v) is 12.6. The number of hydrogen-bond donors (Lipinski definition) is 0. The summed E-state index contributed by atoms with van der Waals surface area (Å²) >= 11 is 3.37. The van der Waals surface area contributed by atoms with E-state index in [2.05, 4.69) is 39.8 Å². The summed E-state index contributed by atoms with van der Waals surface area (Å²) < 4.78 is 4.71. The Labute approximate surface area is 112 Å². The molecule has 5 heteroatoms. The smallest absolute Gasteiger partial charge is 0.320 e. The van der Waals surface area contributed by atoms with Crippen LogP contribution in [0.1, 0.15) is 12.8 Å². The Morgan fingerprint density at radius 1 is 1.47 bits per heavy atom. The van der Waals surface area contributed by atoms with Gasteiger partial charge in [-0.3, -0.25) is 4.79 Å². The third kappa shape index (κ3) is 5.36. The van der Waals surface area contributed by atoms with Gasteiger partial charge in [0.15, 0.2) is 0 Å². The van der Waals surface area contributed by atoms with E-state index in [-0.39, 0.29) is 10.8 Å². The number of esters is 1. The number of rotatable bonds is 5. The monoisotopic (exact) mass is 306 g/mol. The molecule has 0 aromatic rings. The SMILES string of the molecule is COC(=O)C(Br)CN1CCC(CN(C)C)CC1. The molecule has 1 atom stereocenters. The van der Waals surface area contributed by atoms with Crippen LogP contribution in [0.3, 0.4) is 0 Å². The van der Waals surface area contributed by atoms with Crippen molar-refractivity contribution < 1.29 is 9.53 Å². The van der Waals surface area contributed by atoms with Crippen LogP contribution in [0.5, 0.6) is 0 Å². The van der Waals surface area contributed by atoms with E-state index in [1.54, 1.807) is 0 Å². The van der Waals surface area contributed by atoms with Crippen molar-refractivity contribution in [1.29, 1.82) is 0 Å². The molecule has 0 aliphatic carbocycles. The van der Waals surface area contributed by atoms with Crippen LogP contribution in [0.4, 0.5) is 0 Å². The number of piperidine rings is 1. The molecule has 0 spiro atoms. The molecular weight excluding hydrogens is 284 g/mol. The minimum Gasteiger partial charge on any atom is -0.468 e. The van der Waals surface area contributed by atoms with E-state index < -0.39 is 0 Å². The summed E-state index contributed by atoms with van der Waals surface area (Å²) in [5.41, 5.74) is 0. The lowest BCUT2D eigenvalue weighted by molar-refractivity contribution is -0.140. The highest BCUT2D eigenvalue weighted by atomic mass is 79.9. The molecule has 1 heterocycles. The van der Waals surface area contributed by atoms with Crippen molar-refractivity contribution >= 4 is 21.9 Å². The van der Waals surface area contributed by atoms with E-state index in [0.29, 0.717) is 0 Å². The van der Waals surface area contributed by atoms with Gasteiger partial charge in [-0.15, -0.1) is 0 Å². The standard InChI is InChI=1S/C12H23BrN2O2/c1-14(2)8-10-4-6-15(7-5-10)9-11(13)12(16)17-3/h10-11H,4-9H2,1-3H3. The third-order valence-electron chi connectivity index (χ3n) is 3.21. The van der Waals surface area contributed by atoms with Crippen LogP contribution in [-0.4, -0.2) is 68.0 Å². The number of methoxy groups -OCH3 is 1. The first kappa shape index (κ1) is 14.9. The van der Waals surface area contributed by atoms with E-state index in [1.165, 1.54) is 26.5 Å². The fourth-order valence-electron chi connectivity index (χ4n) is 2.30. The van der Waals surface area contributed by atoms with Crippen LogP contribution in [-0.2, 0) is 9.53 Å². The second-order valence-corrected chi connectivity index (χ2v) is 6.10. The average Bonchev–Trinajstić information content (AvgIpc) is 2.30. The van der Waals surface area contributed by atoms with Crippen molar-refractivity contribution in [2.75, 3.05) is 47.4 Å². The van der Waals surface area contributed by atoms with Crippen molar-refractivity contribution in [1.82, 2.24) is 9.80 Å². The Kier molecular flexibility index (Phi) is 6.44. The van der Waals surface area contributed by atoms with Gasteiger partial charge in [0.1, 0.15) is 4.83 Å². The van der Waals surface area contributed by atoms with Crippen molar-refractivity contribution in [3.8, 4) is 0 Å². The molecule has 0 radical (unpaired) electrons. The zero-order chi connectivity index (χ0) is 12.8. The van der Waals surface area contributed by atoms with E-state index in [4.69, 9.17) is 4.74 Å². The summed E-state index contributed by atoms with van der Waals surface area (Å²) in [7, 11) is 5.68. The van der Waals surface area contributed by atoms with Gasteiger partial charge in [-0.05, 0) is 45.9 Å². The van der Waals surface area contributed by atoms with Gasteiger partial charge in [0.05, 0.1) is 7.11 Å². The maximum atomic E-state index is 11.3. The Hall–Kier alpha value is -0.130. The molecule has 0 saturated carbocycles. The van der Waals surface area contributed by atoms with Gasteiger partial charge in [0, 0.05) is 13.1 Å². The minimum absolute atomic E-state index is 0.180. The van der Waals surface area contributed by atoms with Gasteiger partial charge in [-0.2, -0.15) is 0 Å². The highest BCUT2D eigenvalue weighted by Gasteiger charge is 2.24. The van der Waals surface area contributed by atoms with Gasteiger partial charge in [0.2, 0.25) is 0 Å². The fourth-order valence-corrected chi connectivity index (χ4v) is 2.89. The highest BCUT2D eigenvalue weighted by Crippen LogP contribution is 2.19. The zero-order valence-electron chi connectivity index (χ0n) is 11.0. The van der Waals surface area contributed by atoms with Crippen LogP contribution >= 0.6 is 15.9 Å². The number of carbonyl (C=O) groups excluding carboxylic acids is 1. The number of halogens is 1. The topological polar surface area (TPSA) is 32.8 Å². The molecule has 0 aromatic carbocycles. The maximum absolute atomic E-state index is 11.3. The lowest BCUT2D eigenvalue weighted by Crippen LogP contribution is -2.41. The van der Waals surface area contributed by atoms with Gasteiger partial charge in [-0.25, -0.2) is 0 Å². The summed E-state index contributed by atoms with van der Waals surface area (Å²) in [5, 5.41) is 0. The van der Waals surface area contributed by atoms with Gasteiger partial charge in [-0.1, -0.05) is 15.9 Å². The van der Waals surface area contributed by atoms with Crippen LogP contribution in [0.2, 0.25) is 0 Å². The van der Waals surface area contributed by atoms with Crippen LogP contribution < -0.4 is 0 Å². The second-order valence-electron chi connectivity index (χ2n) is 5.00. The molecule has 17 heavy (non-hydrogen) atoms. The largest absolute Gasteiger partial charge is 0.468 e. The molecular formula is C12H23BrN2O2. The van der Waals surface area contributed by atoms with Crippen LogP contribution in [0, 0.1) is 5.92 Å². The maximum Gasteiger partial charge on any atom is 0.320 e. The molecule has 0 bridgehead atoms. The molecule has 0 amide bonds. The van der Waals surface area contributed by atoms with E-state index >= 15 is 0 Å². The number of hydrogen-bond acceptors (Lipinski definition) is 4. The molecule has 1 fully saturated rings. The highest BCUT2D eigenvalue weighted by molar-refractivity contribution is 9.10. The van der Waals surface area contributed by atoms with E-state index in [0.717, 1.165) is 25.6 Å². The summed E-state index contributed by atoms with van der Waals surface area (Å²) in [5.74, 6) is 0.619. The Morgan fingerprint density at radius 2 is 2.06 bits per heavy atom. The Bertz CT molecular complexity index is 241. The van der Waals surface area contributed by atoms with Crippen molar-refractivity contribution in [3.63, 3.8) is 0 Å². The summed E-state index contributed by atoms with van der Waals surface area (Å²) in [6.07, 6.45) is 2.44. The number of carbonyl (C=O) groups is 1. The predicted molar refractivity (Wildman–Crippen MR) is 72.4 cm³/mol. The second kappa shape index (κ2) is 7.34. The fraction of sp³-hybridized carbons (Fsp3) is 0.917. The Balaban J connectivity index is 2.25. The van der Waals surface area contributed by atoms with Crippen LogP contribution in [0.25, 0.3) is 0 Å². The van der Waals surface area contributed by atoms with Crippen LogP contribution in [0.15, 0.2) is 0 Å². The molecule has 1 saturated heterocycles. The lowest BCUT2D eigenvalue weighted by Gasteiger charge is -2.33. The minimum atomic E-state index is -0.196. The Morgan fingerprint density at radius 3 is 2.53 bits per heavy atom. The molecule has 1 rings (SSSR count). The first-order valence-corrected chi connectivity index (χ1v) is 7.03. The van der Waals surface area contributed by atoms with E-state index in [1.807, 2.05) is 0 Å². The van der Waals surface area contributed by atoms with Crippen molar-refractivity contribution in [3.05, 3.63) is 0 Å². The van der Waals surface area contributed by atoms with Crippen molar-refractivity contribution in [2.45, 2.75) is 17.7 Å². The number of ether oxygens (including phenoxy) is 1. The molecule has 1 aliphatic heterocycles. The van der Waals surface area contributed by atoms with E-state index in [9.17, 15) is 4.79 Å². The normalized spacial score (nSPS) is 20.5. The van der Waals surface area contributed by atoms with Gasteiger partial charge in [0.25, 0.3) is 0 Å².